The number of hydrogen-bond acceptors (Lipinski definition) is 4. The van der Waals surface area contributed by atoms with Crippen molar-refractivity contribution in [3.8, 4) is 0 Å². The normalized spacial score (nSPS) is 49.5. The number of carbonyl (C=O) groups excluding carboxylic acids is 2. The second kappa shape index (κ2) is 5.66. The summed E-state index contributed by atoms with van der Waals surface area (Å²) in [5.41, 5.74) is 0.243. The van der Waals surface area contributed by atoms with Gasteiger partial charge in [0.15, 0.2) is 5.78 Å². The van der Waals surface area contributed by atoms with Gasteiger partial charge < -0.3 is 10.2 Å². The highest BCUT2D eigenvalue weighted by molar-refractivity contribution is 5.98. The standard InChI is InChI=1S/C24H34O4/c1-13(25)14-9-10-22(4)18-8-7-15-16(11-17(26)20(28)21(15,2)3)24(18,6)19(27)12-23(14,22)5/h7,9,16-18,20,26,28H,8,10-12H2,1-6H3/t16-,17-,18+,20-,22+,23-,24+/m1/s1. The van der Waals surface area contributed by atoms with Gasteiger partial charge in [0, 0.05) is 22.7 Å². The molecule has 0 radical (unpaired) electrons. The lowest BCUT2D eigenvalue weighted by atomic mass is 9.38. The quantitative estimate of drug-likeness (QED) is 0.675. The van der Waals surface area contributed by atoms with Crippen LogP contribution in [-0.4, -0.2) is 34.0 Å². The molecule has 4 heteroatoms. The number of hydrogen-bond donors (Lipinski definition) is 2. The molecule has 0 saturated heterocycles. The fourth-order valence-corrected chi connectivity index (χ4v) is 7.55. The third-order valence-electron chi connectivity index (χ3n) is 9.57. The Kier molecular flexibility index (Phi) is 4.05. The van der Waals surface area contributed by atoms with Gasteiger partial charge >= 0.3 is 0 Å². The summed E-state index contributed by atoms with van der Waals surface area (Å²) < 4.78 is 0. The minimum absolute atomic E-state index is 0.0603. The highest BCUT2D eigenvalue weighted by Gasteiger charge is 2.69. The van der Waals surface area contributed by atoms with Crippen LogP contribution >= 0.6 is 0 Å². The van der Waals surface area contributed by atoms with Crippen molar-refractivity contribution in [3.05, 3.63) is 23.3 Å². The lowest BCUT2D eigenvalue weighted by molar-refractivity contribution is -0.170. The number of rotatable bonds is 1. The molecule has 0 spiro atoms. The molecule has 0 heterocycles. The van der Waals surface area contributed by atoms with Crippen molar-refractivity contribution in [2.45, 2.75) is 79.4 Å². The van der Waals surface area contributed by atoms with Crippen LogP contribution in [0.4, 0.5) is 0 Å². The van der Waals surface area contributed by atoms with Crippen LogP contribution in [0.15, 0.2) is 23.3 Å². The minimum Gasteiger partial charge on any atom is -0.390 e. The smallest absolute Gasteiger partial charge is 0.156 e. The van der Waals surface area contributed by atoms with Crippen molar-refractivity contribution in [2.24, 2.45) is 33.5 Å². The number of Topliss-reactive ketones (excluding diaryl/α,β-unsaturated/α-hetero) is 2. The van der Waals surface area contributed by atoms with Crippen molar-refractivity contribution in [1.82, 2.24) is 0 Å². The zero-order chi connectivity index (χ0) is 20.9. The molecule has 0 aromatic heterocycles. The molecule has 0 aromatic rings. The molecule has 2 fully saturated rings. The zero-order valence-electron chi connectivity index (χ0n) is 18.0. The first-order chi connectivity index (χ1) is 12.8. The lowest BCUT2D eigenvalue weighted by Crippen LogP contribution is -2.64. The van der Waals surface area contributed by atoms with E-state index in [0.717, 1.165) is 24.0 Å². The van der Waals surface area contributed by atoms with Crippen molar-refractivity contribution in [3.63, 3.8) is 0 Å². The molecule has 28 heavy (non-hydrogen) atoms. The van der Waals surface area contributed by atoms with Crippen LogP contribution in [0.3, 0.4) is 0 Å². The Labute approximate surface area is 168 Å². The second-order valence-corrected chi connectivity index (χ2v) is 11.0. The maximum absolute atomic E-state index is 13.8. The zero-order valence-corrected chi connectivity index (χ0v) is 18.0. The number of fused-ring (bicyclic) bond motifs is 5. The Morgan fingerprint density at radius 2 is 1.75 bits per heavy atom. The fourth-order valence-electron chi connectivity index (χ4n) is 7.55. The van der Waals surface area contributed by atoms with Crippen molar-refractivity contribution in [1.29, 1.82) is 0 Å². The van der Waals surface area contributed by atoms with Gasteiger partial charge in [-0.15, -0.1) is 0 Å². The van der Waals surface area contributed by atoms with Gasteiger partial charge in [-0.05, 0) is 49.0 Å². The molecule has 4 nitrogen and oxygen atoms in total. The highest BCUT2D eigenvalue weighted by Crippen LogP contribution is 2.71. The summed E-state index contributed by atoms with van der Waals surface area (Å²) in [5.74, 6) is 0.342. The molecule has 4 aliphatic carbocycles. The van der Waals surface area contributed by atoms with Crippen LogP contribution in [0.25, 0.3) is 0 Å². The fraction of sp³-hybridized carbons (Fsp3) is 0.750. The largest absolute Gasteiger partial charge is 0.390 e. The third-order valence-corrected chi connectivity index (χ3v) is 9.57. The van der Waals surface area contributed by atoms with Gasteiger partial charge in [0.05, 0.1) is 12.2 Å². The summed E-state index contributed by atoms with van der Waals surface area (Å²) in [4.78, 5) is 26.1. The van der Waals surface area contributed by atoms with Gasteiger partial charge in [0.25, 0.3) is 0 Å². The maximum atomic E-state index is 13.8. The predicted octanol–water partition coefficient (Wildman–Crippen LogP) is 3.61. The Morgan fingerprint density at radius 3 is 2.36 bits per heavy atom. The van der Waals surface area contributed by atoms with Gasteiger partial charge in [-0.3, -0.25) is 9.59 Å². The average molecular weight is 387 g/mol. The predicted molar refractivity (Wildman–Crippen MR) is 107 cm³/mol. The van der Waals surface area contributed by atoms with Crippen molar-refractivity contribution < 1.29 is 19.8 Å². The summed E-state index contributed by atoms with van der Waals surface area (Å²) in [6.07, 6.45) is 5.08. The molecule has 4 rings (SSSR count). The number of carbonyl (C=O) groups is 2. The van der Waals surface area contributed by atoms with E-state index < -0.39 is 28.5 Å². The summed E-state index contributed by atoms with van der Waals surface area (Å²) >= 11 is 0. The van der Waals surface area contributed by atoms with E-state index in [4.69, 9.17) is 0 Å². The van der Waals surface area contributed by atoms with Gasteiger partial charge in [-0.2, -0.15) is 0 Å². The molecule has 0 aliphatic heterocycles. The van der Waals surface area contributed by atoms with E-state index in [1.165, 1.54) is 0 Å². The molecule has 2 N–H and O–H groups in total. The molecule has 154 valence electrons. The molecule has 4 aliphatic rings. The highest BCUT2D eigenvalue weighted by atomic mass is 16.3. The Balaban J connectivity index is 1.86. The van der Waals surface area contributed by atoms with E-state index in [0.29, 0.717) is 12.8 Å². The first-order valence-electron chi connectivity index (χ1n) is 10.6. The first kappa shape index (κ1) is 20.0. The number of allylic oxidation sites excluding steroid dienone is 3. The van der Waals surface area contributed by atoms with E-state index in [2.05, 4.69) is 32.9 Å². The Morgan fingerprint density at radius 1 is 1.11 bits per heavy atom. The molecule has 0 bridgehead atoms. The third kappa shape index (κ3) is 2.09. The van der Waals surface area contributed by atoms with Crippen LogP contribution in [0.2, 0.25) is 0 Å². The van der Waals surface area contributed by atoms with E-state index in [-0.39, 0.29) is 28.8 Å². The minimum atomic E-state index is -0.823. The summed E-state index contributed by atoms with van der Waals surface area (Å²) in [5, 5.41) is 21.2. The van der Waals surface area contributed by atoms with Gasteiger partial charge in [-0.25, -0.2) is 0 Å². The molecule has 7 atom stereocenters. The Bertz CT molecular complexity index is 820. The van der Waals surface area contributed by atoms with Gasteiger partial charge in [0.2, 0.25) is 0 Å². The molecular weight excluding hydrogens is 352 g/mol. The van der Waals surface area contributed by atoms with Gasteiger partial charge in [-0.1, -0.05) is 52.3 Å². The molecule has 0 amide bonds. The first-order valence-corrected chi connectivity index (χ1v) is 10.6. The van der Waals surface area contributed by atoms with Crippen LogP contribution in [0.1, 0.15) is 67.2 Å². The van der Waals surface area contributed by atoms with Crippen LogP contribution in [0.5, 0.6) is 0 Å². The number of aliphatic hydroxyl groups excluding tert-OH is 2. The molecule has 0 unspecified atom stereocenters. The van der Waals surface area contributed by atoms with Crippen LogP contribution in [0, 0.1) is 33.5 Å². The summed E-state index contributed by atoms with van der Waals surface area (Å²) in [6.45, 7) is 12.0. The number of aliphatic hydroxyl groups is 2. The summed E-state index contributed by atoms with van der Waals surface area (Å²) in [6, 6.07) is 0. The number of ketones is 2. The average Bonchev–Trinajstić information content (AvgIpc) is 2.86. The van der Waals surface area contributed by atoms with Crippen LogP contribution < -0.4 is 0 Å². The van der Waals surface area contributed by atoms with Crippen molar-refractivity contribution >= 4 is 11.6 Å². The lowest BCUT2D eigenvalue weighted by Gasteiger charge is -2.64. The second-order valence-electron chi connectivity index (χ2n) is 11.0. The SMILES string of the molecule is CC(=O)C1=CC[C@@]2(C)[C@@H]3CC=C4[C@@H](C[C@@H](O)[C@@H](O)C4(C)C)[C@]3(C)C(=O)C[C@]12C. The molecule has 0 aromatic carbocycles. The summed E-state index contributed by atoms with van der Waals surface area (Å²) in [7, 11) is 0. The van der Waals surface area contributed by atoms with Gasteiger partial charge in [0.1, 0.15) is 5.78 Å². The molecular formula is C24H34O4. The van der Waals surface area contributed by atoms with E-state index in [1.54, 1.807) is 6.92 Å². The van der Waals surface area contributed by atoms with E-state index in [1.807, 2.05) is 13.8 Å². The Hall–Kier alpha value is -1.26. The van der Waals surface area contributed by atoms with E-state index >= 15 is 0 Å². The monoisotopic (exact) mass is 386 g/mol. The topological polar surface area (TPSA) is 74.6 Å². The molecule has 2 saturated carbocycles. The maximum Gasteiger partial charge on any atom is 0.156 e. The van der Waals surface area contributed by atoms with Crippen LogP contribution in [-0.2, 0) is 9.59 Å². The van der Waals surface area contributed by atoms with E-state index in [9.17, 15) is 19.8 Å². The van der Waals surface area contributed by atoms with Crippen molar-refractivity contribution in [2.75, 3.05) is 0 Å².